The number of hydrogen-bond donors (Lipinski definition) is 1. The van der Waals surface area contributed by atoms with Crippen molar-refractivity contribution in [1.82, 2.24) is 4.31 Å². The molecule has 0 fully saturated rings. The summed E-state index contributed by atoms with van der Waals surface area (Å²) in [5, 5.41) is 2.71. The number of nitrogens with zero attached hydrogens (tertiary/aromatic N) is 1. The molecular formula is C14H21BrN2O4S. The van der Waals surface area contributed by atoms with Crippen molar-refractivity contribution >= 4 is 37.5 Å². The molecule has 1 amide bonds. The molecule has 0 aliphatic rings. The van der Waals surface area contributed by atoms with E-state index < -0.39 is 10.0 Å². The van der Waals surface area contributed by atoms with Crippen LogP contribution in [-0.2, 0) is 19.6 Å². The number of rotatable bonds is 8. The zero-order valence-electron chi connectivity index (χ0n) is 12.9. The molecule has 1 aromatic rings. The maximum absolute atomic E-state index is 12.0. The van der Waals surface area contributed by atoms with Gasteiger partial charge in [-0.25, -0.2) is 8.42 Å². The second-order valence-electron chi connectivity index (χ2n) is 4.96. The summed E-state index contributed by atoms with van der Waals surface area (Å²) in [6.45, 7) is 2.39. The minimum Gasteiger partial charge on any atom is -0.385 e. The molecule has 0 saturated carbocycles. The molecule has 124 valence electrons. The smallest absolute Gasteiger partial charge is 0.239 e. The maximum atomic E-state index is 12.0. The van der Waals surface area contributed by atoms with Crippen molar-refractivity contribution in [3.8, 4) is 0 Å². The van der Waals surface area contributed by atoms with Crippen LogP contribution < -0.4 is 5.32 Å². The van der Waals surface area contributed by atoms with Crippen LogP contribution in [-0.4, -0.2) is 51.7 Å². The van der Waals surface area contributed by atoms with Crippen LogP contribution in [0.2, 0.25) is 0 Å². The molecule has 0 unspecified atom stereocenters. The molecule has 0 aliphatic heterocycles. The number of ether oxygens (including phenoxy) is 1. The van der Waals surface area contributed by atoms with Gasteiger partial charge in [0.05, 0.1) is 12.8 Å². The van der Waals surface area contributed by atoms with Crippen molar-refractivity contribution in [2.45, 2.75) is 13.3 Å². The molecule has 6 nitrogen and oxygen atoms in total. The highest BCUT2D eigenvalue weighted by atomic mass is 79.9. The summed E-state index contributed by atoms with van der Waals surface area (Å²) in [5.41, 5.74) is 1.62. The van der Waals surface area contributed by atoms with Gasteiger partial charge < -0.3 is 10.1 Å². The molecule has 0 aromatic heterocycles. The van der Waals surface area contributed by atoms with Gasteiger partial charge in [0.1, 0.15) is 0 Å². The average Bonchev–Trinajstić information content (AvgIpc) is 2.41. The van der Waals surface area contributed by atoms with E-state index in [9.17, 15) is 13.2 Å². The van der Waals surface area contributed by atoms with Gasteiger partial charge in [-0.15, -0.1) is 0 Å². The molecule has 0 bridgehead atoms. The molecule has 0 spiro atoms. The molecule has 0 saturated heterocycles. The van der Waals surface area contributed by atoms with E-state index in [-0.39, 0.29) is 19.0 Å². The molecule has 1 rings (SSSR count). The van der Waals surface area contributed by atoms with Crippen LogP contribution in [0.5, 0.6) is 0 Å². The first-order valence-electron chi connectivity index (χ1n) is 6.74. The lowest BCUT2D eigenvalue weighted by molar-refractivity contribution is -0.116. The molecule has 0 heterocycles. The van der Waals surface area contributed by atoms with Crippen molar-refractivity contribution in [3.05, 3.63) is 28.2 Å². The standard InChI is InChI=1S/C14H21BrN2O4S/c1-11-9-12(5-6-13(11)15)16-14(18)10-17(22(3,19)20)7-4-8-21-2/h5-6,9H,4,7-8,10H2,1-3H3,(H,16,18). The Balaban J connectivity index is 2.68. The number of halogens is 1. The highest BCUT2D eigenvalue weighted by Crippen LogP contribution is 2.20. The van der Waals surface area contributed by atoms with Gasteiger partial charge in [0.15, 0.2) is 0 Å². The second kappa shape index (κ2) is 8.61. The summed E-state index contributed by atoms with van der Waals surface area (Å²) in [6.07, 6.45) is 1.63. The fourth-order valence-electron chi connectivity index (χ4n) is 1.83. The van der Waals surface area contributed by atoms with Gasteiger partial charge in [0.25, 0.3) is 0 Å². The van der Waals surface area contributed by atoms with Gasteiger partial charge >= 0.3 is 0 Å². The molecule has 8 heteroatoms. The Morgan fingerprint density at radius 2 is 2.09 bits per heavy atom. The summed E-state index contributed by atoms with van der Waals surface area (Å²) in [7, 11) is -1.89. The van der Waals surface area contributed by atoms with E-state index >= 15 is 0 Å². The quantitative estimate of drug-likeness (QED) is 0.686. The first kappa shape index (κ1) is 19.1. The van der Waals surface area contributed by atoms with Crippen LogP contribution in [0.3, 0.4) is 0 Å². The Bertz CT molecular complexity index is 619. The fraction of sp³-hybridized carbons (Fsp3) is 0.500. The van der Waals surface area contributed by atoms with Crippen molar-refractivity contribution < 1.29 is 17.9 Å². The van der Waals surface area contributed by atoms with Gasteiger partial charge in [-0.05, 0) is 37.1 Å². The SMILES string of the molecule is COCCCN(CC(=O)Nc1ccc(Br)c(C)c1)S(C)(=O)=O. The lowest BCUT2D eigenvalue weighted by Crippen LogP contribution is -2.38. The Morgan fingerprint density at radius 3 is 2.64 bits per heavy atom. The number of benzene rings is 1. The minimum atomic E-state index is -3.44. The predicted octanol–water partition coefficient (Wildman–Crippen LogP) is 1.99. The third-order valence-corrected chi connectivity index (χ3v) is 5.13. The van der Waals surface area contributed by atoms with Crippen molar-refractivity contribution in [1.29, 1.82) is 0 Å². The third kappa shape index (κ3) is 6.43. The third-order valence-electron chi connectivity index (χ3n) is 2.99. The summed E-state index contributed by atoms with van der Waals surface area (Å²) in [4.78, 5) is 12.0. The normalized spacial score (nSPS) is 11.7. The van der Waals surface area contributed by atoms with Gasteiger partial charge in [0, 0.05) is 30.4 Å². The Labute approximate surface area is 140 Å². The topological polar surface area (TPSA) is 75.7 Å². The average molecular weight is 393 g/mol. The lowest BCUT2D eigenvalue weighted by atomic mass is 10.2. The summed E-state index contributed by atoms with van der Waals surface area (Å²) < 4.78 is 30.4. The minimum absolute atomic E-state index is 0.211. The first-order valence-corrected chi connectivity index (χ1v) is 9.38. The van der Waals surface area contributed by atoms with Gasteiger partial charge in [-0.2, -0.15) is 4.31 Å². The Morgan fingerprint density at radius 1 is 1.41 bits per heavy atom. The van der Waals surface area contributed by atoms with Crippen LogP contribution >= 0.6 is 15.9 Å². The van der Waals surface area contributed by atoms with Crippen LogP contribution in [0.4, 0.5) is 5.69 Å². The zero-order valence-corrected chi connectivity index (χ0v) is 15.3. The van der Waals surface area contributed by atoms with Gasteiger partial charge in [-0.1, -0.05) is 15.9 Å². The van der Waals surface area contributed by atoms with Crippen molar-refractivity contribution in [2.24, 2.45) is 0 Å². The van der Waals surface area contributed by atoms with Crippen LogP contribution in [0.25, 0.3) is 0 Å². The van der Waals surface area contributed by atoms with E-state index in [0.29, 0.717) is 18.7 Å². The van der Waals surface area contributed by atoms with Crippen LogP contribution in [0.15, 0.2) is 22.7 Å². The number of sulfonamides is 1. The highest BCUT2D eigenvalue weighted by Gasteiger charge is 2.19. The predicted molar refractivity (Wildman–Crippen MR) is 90.4 cm³/mol. The van der Waals surface area contributed by atoms with Gasteiger partial charge in [0.2, 0.25) is 15.9 Å². The molecule has 1 aromatic carbocycles. The van der Waals surface area contributed by atoms with E-state index in [1.54, 1.807) is 13.2 Å². The summed E-state index contributed by atoms with van der Waals surface area (Å²) >= 11 is 3.39. The number of methoxy groups -OCH3 is 1. The summed E-state index contributed by atoms with van der Waals surface area (Å²) in [6, 6.07) is 5.40. The lowest BCUT2D eigenvalue weighted by Gasteiger charge is -2.19. The number of amides is 1. The number of carbonyl (C=O) groups excluding carboxylic acids is 1. The number of aryl methyl sites for hydroxylation is 1. The fourth-order valence-corrected chi connectivity index (χ4v) is 2.89. The van der Waals surface area contributed by atoms with E-state index in [2.05, 4.69) is 21.2 Å². The molecule has 22 heavy (non-hydrogen) atoms. The summed E-state index contributed by atoms with van der Waals surface area (Å²) in [5.74, 6) is -0.371. The molecule has 0 aliphatic carbocycles. The molecule has 0 radical (unpaired) electrons. The zero-order chi connectivity index (χ0) is 16.8. The second-order valence-corrected chi connectivity index (χ2v) is 7.79. The van der Waals surface area contributed by atoms with E-state index in [1.165, 1.54) is 0 Å². The van der Waals surface area contributed by atoms with Gasteiger partial charge in [-0.3, -0.25) is 4.79 Å². The highest BCUT2D eigenvalue weighted by molar-refractivity contribution is 9.10. The number of hydrogen-bond acceptors (Lipinski definition) is 4. The van der Waals surface area contributed by atoms with Crippen molar-refractivity contribution in [3.63, 3.8) is 0 Å². The molecule has 0 atom stereocenters. The Hall–Kier alpha value is -0.960. The number of carbonyl (C=O) groups is 1. The first-order chi connectivity index (χ1) is 10.2. The van der Waals surface area contributed by atoms with Crippen LogP contribution in [0.1, 0.15) is 12.0 Å². The van der Waals surface area contributed by atoms with E-state index in [0.717, 1.165) is 20.6 Å². The van der Waals surface area contributed by atoms with E-state index in [1.807, 2.05) is 19.1 Å². The monoisotopic (exact) mass is 392 g/mol. The number of nitrogens with one attached hydrogen (secondary N) is 1. The molecular weight excluding hydrogens is 372 g/mol. The number of anilines is 1. The van der Waals surface area contributed by atoms with E-state index in [4.69, 9.17) is 4.74 Å². The maximum Gasteiger partial charge on any atom is 0.239 e. The molecule has 1 N–H and O–H groups in total. The Kier molecular flexibility index (Phi) is 7.47. The largest absolute Gasteiger partial charge is 0.385 e. The van der Waals surface area contributed by atoms with Crippen LogP contribution in [0, 0.1) is 6.92 Å². The van der Waals surface area contributed by atoms with Crippen molar-refractivity contribution in [2.75, 3.05) is 38.4 Å².